The van der Waals surface area contributed by atoms with E-state index in [1.165, 1.54) is 4.90 Å². The number of amides is 2. The third kappa shape index (κ3) is 5.00. The lowest BCUT2D eigenvalue weighted by Crippen LogP contribution is -2.30. The smallest absolute Gasteiger partial charge is 0.339 e. The number of rotatable bonds is 6. The van der Waals surface area contributed by atoms with Crippen molar-refractivity contribution in [3.63, 3.8) is 0 Å². The maximum absolute atomic E-state index is 13.4. The fourth-order valence-corrected chi connectivity index (χ4v) is 6.15. The number of fused-ring (bicyclic) bond motifs is 2. The topological polar surface area (TPSA) is 93.6 Å². The Bertz CT molecular complexity index is 1710. The van der Waals surface area contributed by atoms with Gasteiger partial charge in [-0.2, -0.15) is 0 Å². The molecular formula is C35H32N2O5. The van der Waals surface area contributed by atoms with E-state index in [9.17, 15) is 19.2 Å². The normalized spacial score (nSPS) is 20.8. The Morgan fingerprint density at radius 2 is 1.60 bits per heavy atom. The number of para-hydroxylation sites is 1. The van der Waals surface area contributed by atoms with Crippen LogP contribution in [0, 0.1) is 24.7 Å². The number of Topliss-reactive ketones (excluding diaryl/α,β-unsaturated/α-hetero) is 1. The summed E-state index contributed by atoms with van der Waals surface area (Å²) in [4.78, 5) is 58.7. The molecule has 212 valence electrons. The quantitative estimate of drug-likeness (QED) is 0.151. The Hall–Kier alpha value is -4.65. The van der Waals surface area contributed by atoms with Gasteiger partial charge in [0.2, 0.25) is 17.6 Å². The van der Waals surface area contributed by atoms with Gasteiger partial charge >= 0.3 is 5.97 Å². The number of esters is 1. The van der Waals surface area contributed by atoms with Crippen molar-refractivity contribution in [1.82, 2.24) is 4.98 Å². The minimum atomic E-state index is -0.975. The number of hydrogen-bond acceptors (Lipinski definition) is 6. The number of carbonyl (C=O) groups is 4. The number of hydrogen-bond donors (Lipinski definition) is 0. The molecule has 0 N–H and O–H groups in total. The molecule has 7 heteroatoms. The molecule has 4 atom stereocenters. The first kappa shape index (κ1) is 27.5. The minimum absolute atomic E-state index is 0.118. The van der Waals surface area contributed by atoms with Gasteiger partial charge in [0.1, 0.15) is 0 Å². The lowest BCUT2D eigenvalue weighted by atomic mass is 9.76. The predicted octanol–water partition coefficient (Wildman–Crippen LogP) is 6.56. The van der Waals surface area contributed by atoms with E-state index < -0.39 is 12.1 Å². The number of anilines is 1. The molecule has 3 aromatic carbocycles. The number of aryl methyl sites for hydroxylation is 1. The van der Waals surface area contributed by atoms with Crippen molar-refractivity contribution in [1.29, 1.82) is 0 Å². The molecule has 4 aromatic rings. The first-order valence-electron chi connectivity index (χ1n) is 14.4. The van der Waals surface area contributed by atoms with Gasteiger partial charge in [-0.25, -0.2) is 9.78 Å². The number of carbonyl (C=O) groups excluding carboxylic acids is 4. The van der Waals surface area contributed by atoms with E-state index in [-0.39, 0.29) is 29.4 Å². The highest BCUT2D eigenvalue weighted by Crippen LogP contribution is 2.42. The summed E-state index contributed by atoms with van der Waals surface area (Å²) in [5.74, 6) is -1.17. The third-order valence-electron chi connectivity index (χ3n) is 8.53. The van der Waals surface area contributed by atoms with Crippen LogP contribution in [0.5, 0.6) is 0 Å². The minimum Gasteiger partial charge on any atom is -0.451 e. The van der Waals surface area contributed by atoms with Crippen molar-refractivity contribution >= 4 is 40.2 Å². The van der Waals surface area contributed by atoms with Gasteiger partial charge < -0.3 is 4.74 Å². The van der Waals surface area contributed by atoms with Crippen LogP contribution in [0.4, 0.5) is 5.69 Å². The molecule has 2 aliphatic rings. The highest BCUT2D eigenvalue weighted by atomic mass is 16.5. The molecule has 2 amide bonds. The molecule has 2 heterocycles. The summed E-state index contributed by atoms with van der Waals surface area (Å²) in [6.45, 7) is 5.64. The molecule has 2 fully saturated rings. The summed E-state index contributed by atoms with van der Waals surface area (Å²) in [6.07, 6.45) is 1.49. The van der Waals surface area contributed by atoms with Crippen molar-refractivity contribution in [2.45, 2.75) is 46.1 Å². The summed E-state index contributed by atoms with van der Waals surface area (Å²) >= 11 is 0. The van der Waals surface area contributed by atoms with Gasteiger partial charge in [-0.1, -0.05) is 67.1 Å². The zero-order valence-electron chi connectivity index (χ0n) is 23.9. The van der Waals surface area contributed by atoms with E-state index in [0.29, 0.717) is 44.9 Å². The van der Waals surface area contributed by atoms with Crippen LogP contribution in [-0.2, 0) is 14.3 Å². The van der Waals surface area contributed by atoms with Gasteiger partial charge in [-0.05, 0) is 63.3 Å². The maximum Gasteiger partial charge on any atom is 0.339 e. The van der Waals surface area contributed by atoms with Gasteiger partial charge in [0.05, 0.1) is 34.3 Å². The Balaban J connectivity index is 1.27. The van der Waals surface area contributed by atoms with Gasteiger partial charge in [-0.15, -0.1) is 0 Å². The lowest BCUT2D eigenvalue weighted by molar-refractivity contribution is -0.122. The highest BCUT2D eigenvalue weighted by Gasteiger charge is 2.49. The molecule has 6 rings (SSSR count). The Morgan fingerprint density at radius 1 is 0.905 bits per heavy atom. The summed E-state index contributed by atoms with van der Waals surface area (Å²) in [5, 5.41) is 0.614. The standard InChI is InChI=1S/C35H32N2O5/c1-20-8-11-24(12-9-20)32(38)22(3)42-35(41)29-19-31(36-30-7-5-4-6-26(29)30)23-13-15-25(16-14-23)37-33(39)27-17-10-21(2)18-28(27)34(37)40/h4-9,11-16,19,21-22,27-28H,10,17-18H2,1-3H3. The molecule has 7 nitrogen and oxygen atoms in total. The monoisotopic (exact) mass is 560 g/mol. The average molecular weight is 561 g/mol. The number of ether oxygens (including phenoxy) is 1. The van der Waals surface area contributed by atoms with E-state index in [2.05, 4.69) is 6.92 Å². The zero-order chi connectivity index (χ0) is 29.5. The van der Waals surface area contributed by atoms with Crippen molar-refractivity contribution in [2.75, 3.05) is 4.90 Å². The summed E-state index contributed by atoms with van der Waals surface area (Å²) in [6, 6.07) is 23.2. The fraction of sp³-hybridized carbons (Fsp3) is 0.286. The number of benzene rings is 3. The predicted molar refractivity (Wildman–Crippen MR) is 160 cm³/mol. The van der Waals surface area contributed by atoms with Crippen LogP contribution in [0.1, 0.15) is 59.4 Å². The van der Waals surface area contributed by atoms with Gasteiger partial charge in [-0.3, -0.25) is 19.3 Å². The van der Waals surface area contributed by atoms with E-state index in [0.717, 1.165) is 24.8 Å². The molecule has 0 spiro atoms. The number of ketones is 1. The Morgan fingerprint density at radius 3 is 2.33 bits per heavy atom. The number of nitrogens with zero attached hydrogens (tertiary/aromatic N) is 2. The molecule has 1 aliphatic heterocycles. The summed E-state index contributed by atoms with van der Waals surface area (Å²) < 4.78 is 5.65. The first-order valence-corrected chi connectivity index (χ1v) is 14.4. The third-order valence-corrected chi connectivity index (χ3v) is 8.53. The molecule has 1 saturated heterocycles. The first-order chi connectivity index (χ1) is 20.2. The fourth-order valence-electron chi connectivity index (χ4n) is 6.15. The molecule has 1 saturated carbocycles. The van der Waals surface area contributed by atoms with Crippen molar-refractivity contribution < 1.29 is 23.9 Å². The molecule has 0 radical (unpaired) electrons. The second-order valence-corrected chi connectivity index (χ2v) is 11.5. The van der Waals surface area contributed by atoms with Crippen LogP contribution in [0.3, 0.4) is 0 Å². The van der Waals surface area contributed by atoms with E-state index in [1.54, 1.807) is 55.5 Å². The van der Waals surface area contributed by atoms with Crippen molar-refractivity contribution in [3.8, 4) is 11.3 Å². The van der Waals surface area contributed by atoms with E-state index in [1.807, 2.05) is 37.3 Å². The van der Waals surface area contributed by atoms with Crippen LogP contribution in [0.25, 0.3) is 22.2 Å². The SMILES string of the molecule is Cc1ccc(C(=O)C(C)OC(=O)c2cc(-c3ccc(N4C(=O)C5CCC(C)CC5C4=O)cc3)nc3ccccc23)cc1. The highest BCUT2D eigenvalue weighted by molar-refractivity contribution is 6.22. The van der Waals surface area contributed by atoms with E-state index in [4.69, 9.17) is 9.72 Å². The molecule has 4 unspecified atom stereocenters. The zero-order valence-corrected chi connectivity index (χ0v) is 23.9. The molecule has 0 bridgehead atoms. The van der Waals surface area contributed by atoms with Crippen molar-refractivity contribution in [3.05, 3.63) is 95.6 Å². The number of pyridine rings is 1. The number of imide groups is 1. The number of aromatic nitrogens is 1. The Kier molecular flexibility index (Phi) is 7.19. The molecule has 42 heavy (non-hydrogen) atoms. The summed E-state index contributed by atoms with van der Waals surface area (Å²) in [5.41, 5.74) is 4.20. The largest absolute Gasteiger partial charge is 0.451 e. The van der Waals surface area contributed by atoms with Crippen LogP contribution >= 0.6 is 0 Å². The van der Waals surface area contributed by atoms with E-state index >= 15 is 0 Å². The maximum atomic E-state index is 13.4. The van der Waals surface area contributed by atoms with Crippen molar-refractivity contribution in [2.24, 2.45) is 17.8 Å². The molecule has 1 aliphatic carbocycles. The average Bonchev–Trinajstić information content (AvgIpc) is 3.24. The lowest BCUT2D eigenvalue weighted by Gasteiger charge is -2.25. The second kappa shape index (κ2) is 11.0. The van der Waals surface area contributed by atoms with Crippen LogP contribution < -0.4 is 4.90 Å². The van der Waals surface area contributed by atoms with Gasteiger partial charge in [0.15, 0.2) is 6.10 Å². The van der Waals surface area contributed by atoms with Gasteiger partial charge in [0, 0.05) is 16.5 Å². The Labute approximate surface area is 244 Å². The van der Waals surface area contributed by atoms with Gasteiger partial charge in [0.25, 0.3) is 0 Å². The molecular weight excluding hydrogens is 528 g/mol. The summed E-state index contributed by atoms with van der Waals surface area (Å²) in [7, 11) is 0. The van der Waals surface area contributed by atoms with Crippen LogP contribution in [0.15, 0.2) is 78.9 Å². The van der Waals surface area contributed by atoms with Crippen LogP contribution in [0.2, 0.25) is 0 Å². The molecule has 1 aromatic heterocycles. The second-order valence-electron chi connectivity index (χ2n) is 11.5. The van der Waals surface area contributed by atoms with Crippen LogP contribution in [-0.4, -0.2) is 34.7 Å².